The molecule has 0 radical (unpaired) electrons. The minimum absolute atomic E-state index is 0. The smallest absolute Gasteiger partial charge is 0.257 e. The maximum atomic E-state index is 12.2. The van der Waals surface area contributed by atoms with Gasteiger partial charge in [0.25, 0.3) is 5.91 Å². The van der Waals surface area contributed by atoms with Gasteiger partial charge >= 0.3 is 0 Å². The second-order valence-corrected chi connectivity index (χ2v) is 4.80. The van der Waals surface area contributed by atoms with Crippen LogP contribution in [-0.4, -0.2) is 47.2 Å². The number of aromatic amines is 1. The van der Waals surface area contributed by atoms with E-state index in [0.29, 0.717) is 17.4 Å². The van der Waals surface area contributed by atoms with Crippen LogP contribution in [0.5, 0.6) is 0 Å². The zero-order chi connectivity index (χ0) is 11.1. The van der Waals surface area contributed by atoms with Crippen molar-refractivity contribution in [1.29, 1.82) is 0 Å². The molecule has 0 bridgehead atoms. The van der Waals surface area contributed by atoms with Crippen LogP contribution in [0.4, 0.5) is 0 Å². The largest absolute Gasteiger partial charge is 0.338 e. The lowest BCUT2D eigenvalue weighted by Crippen LogP contribution is -2.32. The van der Waals surface area contributed by atoms with Crippen molar-refractivity contribution >= 4 is 18.3 Å². The molecule has 17 heavy (non-hydrogen) atoms. The topological polar surface area (TPSA) is 61.0 Å². The van der Waals surface area contributed by atoms with E-state index in [1.807, 2.05) is 11.8 Å². The molecule has 0 saturated carbocycles. The third-order valence-corrected chi connectivity index (χ3v) is 3.74. The molecule has 0 unspecified atom stereocenters. The third-order valence-electron chi connectivity index (χ3n) is 3.74. The number of H-pyrrole nitrogens is 1. The molecule has 1 aromatic rings. The molecule has 2 aliphatic rings. The van der Waals surface area contributed by atoms with Gasteiger partial charge in [-0.15, -0.1) is 12.4 Å². The number of aryl methyl sites for hydroxylation is 1. The van der Waals surface area contributed by atoms with E-state index < -0.39 is 0 Å². The van der Waals surface area contributed by atoms with Crippen LogP contribution in [0, 0.1) is 18.8 Å². The Bertz CT molecular complexity index is 407. The van der Waals surface area contributed by atoms with Gasteiger partial charge in [0.2, 0.25) is 0 Å². The van der Waals surface area contributed by atoms with Crippen LogP contribution in [-0.2, 0) is 0 Å². The number of carbonyl (C=O) groups is 1. The van der Waals surface area contributed by atoms with Crippen molar-refractivity contribution in [2.24, 2.45) is 11.8 Å². The number of rotatable bonds is 1. The lowest BCUT2D eigenvalue weighted by atomic mass is 10.0. The molecular formula is C11H17ClN4O. The lowest BCUT2D eigenvalue weighted by molar-refractivity contribution is 0.0781. The van der Waals surface area contributed by atoms with Crippen LogP contribution < -0.4 is 5.32 Å². The van der Waals surface area contributed by atoms with Crippen molar-refractivity contribution in [3.8, 4) is 0 Å². The van der Waals surface area contributed by atoms with Crippen molar-refractivity contribution in [3.05, 3.63) is 17.5 Å². The summed E-state index contributed by atoms with van der Waals surface area (Å²) in [5.74, 6) is 1.42. The number of carbonyl (C=O) groups excluding carboxylic acids is 1. The Kier molecular flexibility index (Phi) is 3.40. The fourth-order valence-corrected chi connectivity index (χ4v) is 2.76. The van der Waals surface area contributed by atoms with E-state index in [4.69, 9.17) is 0 Å². The van der Waals surface area contributed by atoms with E-state index in [-0.39, 0.29) is 18.3 Å². The highest BCUT2D eigenvalue weighted by molar-refractivity contribution is 5.95. The number of hydrogen-bond donors (Lipinski definition) is 2. The van der Waals surface area contributed by atoms with Crippen LogP contribution in [0.2, 0.25) is 0 Å². The summed E-state index contributed by atoms with van der Waals surface area (Å²) in [5.41, 5.74) is 1.58. The van der Waals surface area contributed by atoms with Gasteiger partial charge in [-0.25, -0.2) is 0 Å². The van der Waals surface area contributed by atoms with Crippen LogP contribution in [0.3, 0.4) is 0 Å². The monoisotopic (exact) mass is 256 g/mol. The molecule has 2 N–H and O–H groups in total. The van der Waals surface area contributed by atoms with E-state index in [1.54, 1.807) is 6.20 Å². The lowest BCUT2D eigenvalue weighted by Gasteiger charge is -2.16. The van der Waals surface area contributed by atoms with Crippen LogP contribution in [0.25, 0.3) is 0 Å². The first-order valence-electron chi connectivity index (χ1n) is 5.75. The van der Waals surface area contributed by atoms with Crippen molar-refractivity contribution < 1.29 is 4.79 Å². The Morgan fingerprint density at radius 2 is 2.06 bits per heavy atom. The standard InChI is InChI=1S/C11H16N4O.ClH/c1-7-10(4-13-14-7)11(16)15-5-8-2-12-3-9(8)6-15;/h4,8-9,12H,2-3,5-6H2,1H3,(H,13,14);1H/t8-,9+;. The van der Waals surface area contributed by atoms with Crippen LogP contribution >= 0.6 is 12.4 Å². The van der Waals surface area contributed by atoms with E-state index in [0.717, 1.165) is 31.9 Å². The average Bonchev–Trinajstić information content (AvgIpc) is 2.89. The number of hydrogen-bond acceptors (Lipinski definition) is 3. The van der Waals surface area contributed by atoms with E-state index >= 15 is 0 Å². The Hall–Kier alpha value is -1.07. The van der Waals surface area contributed by atoms with Gasteiger partial charge in [-0.05, 0) is 18.8 Å². The summed E-state index contributed by atoms with van der Waals surface area (Å²) < 4.78 is 0. The molecule has 1 amide bonds. The van der Waals surface area contributed by atoms with Gasteiger partial charge in [0.15, 0.2) is 0 Å². The summed E-state index contributed by atoms with van der Waals surface area (Å²) in [7, 11) is 0. The molecular weight excluding hydrogens is 240 g/mol. The molecule has 3 rings (SSSR count). The summed E-state index contributed by atoms with van der Waals surface area (Å²) in [6, 6.07) is 0. The summed E-state index contributed by atoms with van der Waals surface area (Å²) in [4.78, 5) is 14.2. The first kappa shape index (κ1) is 12.4. The molecule has 1 aromatic heterocycles. The zero-order valence-electron chi connectivity index (χ0n) is 9.77. The number of likely N-dealkylation sites (tertiary alicyclic amines) is 1. The predicted octanol–water partition coefficient (Wildman–Crippen LogP) is 0.431. The highest BCUT2D eigenvalue weighted by Gasteiger charge is 2.38. The highest BCUT2D eigenvalue weighted by atomic mass is 35.5. The Labute approximate surface area is 106 Å². The van der Waals surface area contributed by atoms with Crippen LogP contribution in [0.15, 0.2) is 6.20 Å². The molecule has 2 saturated heterocycles. The number of amides is 1. The fraction of sp³-hybridized carbons (Fsp3) is 0.636. The molecule has 94 valence electrons. The van der Waals surface area contributed by atoms with Gasteiger partial charge in [0.1, 0.15) is 0 Å². The summed E-state index contributed by atoms with van der Waals surface area (Å²) in [6.45, 7) is 5.78. The number of halogens is 1. The van der Waals surface area contributed by atoms with Crippen molar-refractivity contribution in [3.63, 3.8) is 0 Å². The summed E-state index contributed by atoms with van der Waals surface area (Å²) in [5, 5.41) is 10.1. The second-order valence-electron chi connectivity index (χ2n) is 4.80. The van der Waals surface area contributed by atoms with Crippen molar-refractivity contribution in [2.45, 2.75) is 6.92 Å². The van der Waals surface area contributed by atoms with Gasteiger partial charge < -0.3 is 10.2 Å². The van der Waals surface area contributed by atoms with Gasteiger partial charge in [-0.1, -0.05) is 0 Å². The average molecular weight is 257 g/mol. The van der Waals surface area contributed by atoms with Crippen molar-refractivity contribution in [2.75, 3.05) is 26.2 Å². The number of nitrogens with zero attached hydrogens (tertiary/aromatic N) is 2. The maximum Gasteiger partial charge on any atom is 0.257 e. The Morgan fingerprint density at radius 1 is 1.41 bits per heavy atom. The quantitative estimate of drug-likeness (QED) is 0.766. The van der Waals surface area contributed by atoms with E-state index in [9.17, 15) is 4.79 Å². The minimum atomic E-state index is 0. The molecule has 6 heteroatoms. The molecule has 2 aliphatic heterocycles. The number of nitrogens with one attached hydrogen (secondary N) is 2. The normalized spacial score (nSPS) is 26.8. The van der Waals surface area contributed by atoms with Crippen molar-refractivity contribution in [1.82, 2.24) is 20.4 Å². The van der Waals surface area contributed by atoms with E-state index in [2.05, 4.69) is 15.5 Å². The highest BCUT2D eigenvalue weighted by Crippen LogP contribution is 2.27. The molecule has 0 aliphatic carbocycles. The zero-order valence-corrected chi connectivity index (χ0v) is 10.6. The molecule has 2 fully saturated rings. The van der Waals surface area contributed by atoms with Gasteiger partial charge in [-0.2, -0.15) is 5.10 Å². The second kappa shape index (κ2) is 4.66. The number of fused-ring (bicyclic) bond motifs is 1. The van der Waals surface area contributed by atoms with E-state index in [1.165, 1.54) is 0 Å². The molecule has 5 nitrogen and oxygen atoms in total. The Morgan fingerprint density at radius 3 is 2.59 bits per heavy atom. The predicted molar refractivity (Wildman–Crippen MR) is 66.3 cm³/mol. The third kappa shape index (κ3) is 2.05. The first-order valence-corrected chi connectivity index (χ1v) is 5.75. The van der Waals surface area contributed by atoms with Crippen LogP contribution in [0.1, 0.15) is 16.1 Å². The summed E-state index contributed by atoms with van der Waals surface area (Å²) >= 11 is 0. The van der Waals surface area contributed by atoms with Gasteiger partial charge in [0, 0.05) is 31.9 Å². The fourth-order valence-electron chi connectivity index (χ4n) is 2.76. The molecule has 0 aromatic carbocycles. The number of aromatic nitrogens is 2. The maximum absolute atomic E-state index is 12.2. The Balaban J connectivity index is 0.00000108. The molecule has 2 atom stereocenters. The SMILES string of the molecule is Cc1[nH]ncc1C(=O)N1C[C@H]2CNC[C@H]2C1.Cl. The summed E-state index contributed by atoms with van der Waals surface area (Å²) in [6.07, 6.45) is 1.63. The molecule has 3 heterocycles. The van der Waals surface area contributed by atoms with Gasteiger partial charge in [0.05, 0.1) is 11.8 Å². The van der Waals surface area contributed by atoms with Gasteiger partial charge in [-0.3, -0.25) is 9.89 Å². The first-order chi connectivity index (χ1) is 7.75. The minimum Gasteiger partial charge on any atom is -0.338 e. The molecule has 0 spiro atoms.